The molecule has 10 nitrogen and oxygen atoms in total. The van der Waals surface area contributed by atoms with Crippen LogP contribution in [0.1, 0.15) is 19.8 Å². The lowest BCUT2D eigenvalue weighted by atomic mass is 9.99. The number of hydrogen-bond acceptors (Lipinski definition) is 10. The summed E-state index contributed by atoms with van der Waals surface area (Å²) in [6, 6.07) is 0. The monoisotopic (exact) mass is 397 g/mol. The van der Waals surface area contributed by atoms with Crippen molar-refractivity contribution < 1.29 is 44.1 Å². The lowest BCUT2D eigenvalue weighted by molar-refractivity contribution is -0.310. The summed E-state index contributed by atoms with van der Waals surface area (Å²) in [7, 11) is 4.62. The lowest BCUT2D eigenvalue weighted by Gasteiger charge is -2.40. The van der Waals surface area contributed by atoms with Crippen LogP contribution in [0.4, 0.5) is 0 Å². The summed E-state index contributed by atoms with van der Waals surface area (Å²) >= 11 is 0. The van der Waals surface area contributed by atoms with E-state index in [9.17, 15) is 20.4 Å². The molecule has 1 aliphatic rings. The molecule has 0 amide bonds. The fourth-order valence-electron chi connectivity index (χ4n) is 2.86. The third-order valence-electron chi connectivity index (χ3n) is 4.34. The van der Waals surface area contributed by atoms with Gasteiger partial charge in [0, 0.05) is 20.8 Å². The van der Waals surface area contributed by atoms with Crippen molar-refractivity contribution in [2.75, 3.05) is 41.0 Å². The quantitative estimate of drug-likeness (QED) is 0.226. The van der Waals surface area contributed by atoms with Crippen molar-refractivity contribution in [1.29, 1.82) is 0 Å². The molecule has 0 aliphatic carbocycles. The number of likely N-dealkylation sites (N-methyl/N-ethyl adjacent to an activating group) is 1. The number of methoxy groups -OCH3 is 2. The molecule has 10 heteroatoms. The van der Waals surface area contributed by atoms with Crippen LogP contribution in [0.2, 0.25) is 0 Å². The van der Waals surface area contributed by atoms with Crippen molar-refractivity contribution >= 4 is 0 Å². The summed E-state index contributed by atoms with van der Waals surface area (Å²) < 4.78 is 27.0. The molecule has 27 heavy (non-hydrogen) atoms. The third kappa shape index (κ3) is 7.50. The highest BCUT2D eigenvalue weighted by molar-refractivity contribution is 4.89. The normalized spacial score (nSPS) is 32.2. The highest BCUT2D eigenvalue weighted by Crippen LogP contribution is 2.23. The Morgan fingerprint density at radius 3 is 2.37 bits per heavy atom. The first-order chi connectivity index (χ1) is 12.9. The largest absolute Gasteiger partial charge is 0.388 e. The second kappa shape index (κ2) is 12.9. The SMILES string of the molecule is CCCC(O)C(OC)OC(CNC)COC1OC(COC)C(O)C(O)C1O. The molecule has 1 fully saturated rings. The van der Waals surface area contributed by atoms with E-state index >= 15 is 0 Å². The number of ether oxygens (including phenoxy) is 5. The van der Waals surface area contributed by atoms with Crippen molar-refractivity contribution in [3.63, 3.8) is 0 Å². The predicted molar refractivity (Wildman–Crippen MR) is 95.0 cm³/mol. The fourth-order valence-corrected chi connectivity index (χ4v) is 2.86. The maximum Gasteiger partial charge on any atom is 0.186 e. The molecular formula is C17H35NO9. The van der Waals surface area contributed by atoms with Crippen LogP contribution < -0.4 is 5.32 Å². The number of hydrogen-bond donors (Lipinski definition) is 5. The van der Waals surface area contributed by atoms with Gasteiger partial charge in [-0.15, -0.1) is 0 Å². The molecule has 8 unspecified atom stereocenters. The molecule has 0 saturated carbocycles. The molecule has 0 aromatic rings. The Kier molecular flexibility index (Phi) is 11.8. The van der Waals surface area contributed by atoms with E-state index in [1.807, 2.05) is 6.92 Å². The van der Waals surface area contributed by atoms with Crippen molar-refractivity contribution in [2.45, 2.75) is 69.0 Å². The Hall–Kier alpha value is -0.400. The number of rotatable bonds is 13. The Morgan fingerprint density at radius 2 is 1.81 bits per heavy atom. The summed E-state index contributed by atoms with van der Waals surface area (Å²) in [5, 5.41) is 43.1. The van der Waals surface area contributed by atoms with Gasteiger partial charge in [-0.25, -0.2) is 0 Å². The van der Waals surface area contributed by atoms with Crippen LogP contribution in [-0.4, -0.2) is 111 Å². The Morgan fingerprint density at radius 1 is 1.11 bits per heavy atom. The van der Waals surface area contributed by atoms with Gasteiger partial charge in [-0.2, -0.15) is 0 Å². The van der Waals surface area contributed by atoms with Gasteiger partial charge in [-0.3, -0.25) is 0 Å². The van der Waals surface area contributed by atoms with Gasteiger partial charge in [0.1, 0.15) is 30.5 Å². The third-order valence-corrected chi connectivity index (χ3v) is 4.34. The molecule has 0 aromatic heterocycles. The number of nitrogens with one attached hydrogen (secondary N) is 1. The van der Waals surface area contributed by atoms with Crippen LogP contribution in [0, 0.1) is 0 Å². The molecule has 1 heterocycles. The molecule has 1 rings (SSSR count). The minimum absolute atomic E-state index is 0.00376. The molecule has 1 saturated heterocycles. The van der Waals surface area contributed by atoms with Crippen LogP contribution in [0.3, 0.4) is 0 Å². The van der Waals surface area contributed by atoms with Crippen molar-refractivity contribution in [3.05, 3.63) is 0 Å². The zero-order valence-corrected chi connectivity index (χ0v) is 16.5. The van der Waals surface area contributed by atoms with Gasteiger partial charge >= 0.3 is 0 Å². The van der Waals surface area contributed by atoms with Crippen molar-refractivity contribution in [3.8, 4) is 0 Å². The second-order valence-electron chi connectivity index (χ2n) is 6.58. The molecule has 162 valence electrons. The van der Waals surface area contributed by atoms with E-state index in [1.54, 1.807) is 7.05 Å². The zero-order chi connectivity index (χ0) is 20.4. The minimum Gasteiger partial charge on any atom is -0.388 e. The van der Waals surface area contributed by atoms with Gasteiger partial charge < -0.3 is 49.4 Å². The van der Waals surface area contributed by atoms with Crippen molar-refractivity contribution in [2.24, 2.45) is 0 Å². The first kappa shape index (κ1) is 24.6. The molecule has 1 aliphatic heterocycles. The van der Waals surface area contributed by atoms with E-state index < -0.39 is 49.2 Å². The highest BCUT2D eigenvalue weighted by atomic mass is 16.7. The summed E-state index contributed by atoms with van der Waals surface area (Å²) in [5.74, 6) is 0. The first-order valence-corrected chi connectivity index (χ1v) is 9.20. The lowest BCUT2D eigenvalue weighted by Crippen LogP contribution is -2.59. The van der Waals surface area contributed by atoms with Crippen LogP contribution in [0.15, 0.2) is 0 Å². The topological polar surface area (TPSA) is 139 Å². The summed E-state index contributed by atoms with van der Waals surface area (Å²) in [6.07, 6.45) is -6.93. The maximum absolute atomic E-state index is 10.1. The van der Waals surface area contributed by atoms with Gasteiger partial charge in [0.25, 0.3) is 0 Å². The average molecular weight is 397 g/mol. The highest BCUT2D eigenvalue weighted by Gasteiger charge is 2.44. The van der Waals surface area contributed by atoms with Crippen molar-refractivity contribution in [1.82, 2.24) is 5.32 Å². The van der Waals surface area contributed by atoms with Crippen LogP contribution >= 0.6 is 0 Å². The first-order valence-electron chi connectivity index (χ1n) is 9.20. The van der Waals surface area contributed by atoms with Crippen LogP contribution in [0.25, 0.3) is 0 Å². The van der Waals surface area contributed by atoms with Gasteiger partial charge in [-0.05, 0) is 13.5 Å². The zero-order valence-electron chi connectivity index (χ0n) is 16.5. The van der Waals surface area contributed by atoms with E-state index in [4.69, 9.17) is 23.7 Å². The summed E-state index contributed by atoms with van der Waals surface area (Å²) in [5.41, 5.74) is 0. The molecule has 0 radical (unpaired) electrons. The van der Waals surface area contributed by atoms with E-state index in [0.29, 0.717) is 13.0 Å². The standard InChI is InChI=1S/C17H35NO9/c1-5-6-11(19)16(24-4)26-10(7-18-2)8-25-17-15(22)14(21)13(20)12(27-17)9-23-3/h10-22H,5-9H2,1-4H3. The van der Waals surface area contributed by atoms with E-state index in [0.717, 1.165) is 6.42 Å². The summed E-state index contributed by atoms with van der Waals surface area (Å²) in [6.45, 7) is 2.39. The Bertz CT molecular complexity index is 389. The summed E-state index contributed by atoms with van der Waals surface area (Å²) in [4.78, 5) is 0. The van der Waals surface area contributed by atoms with Gasteiger partial charge in [0.15, 0.2) is 12.6 Å². The molecule has 0 aromatic carbocycles. The van der Waals surface area contributed by atoms with E-state index in [2.05, 4.69) is 5.32 Å². The van der Waals surface area contributed by atoms with Crippen LogP contribution in [0.5, 0.6) is 0 Å². The van der Waals surface area contributed by atoms with E-state index in [1.165, 1.54) is 14.2 Å². The minimum atomic E-state index is -1.43. The Balaban J connectivity index is 2.65. The Labute approximate surface area is 160 Å². The van der Waals surface area contributed by atoms with Gasteiger partial charge in [-0.1, -0.05) is 13.3 Å². The molecule has 8 atom stereocenters. The van der Waals surface area contributed by atoms with E-state index in [-0.39, 0.29) is 13.2 Å². The molecule has 0 spiro atoms. The molecular weight excluding hydrogens is 362 g/mol. The maximum atomic E-state index is 10.1. The van der Waals surface area contributed by atoms with Gasteiger partial charge in [0.2, 0.25) is 0 Å². The fraction of sp³-hybridized carbons (Fsp3) is 1.00. The average Bonchev–Trinajstić information content (AvgIpc) is 2.65. The predicted octanol–water partition coefficient (Wildman–Crippen LogP) is -1.80. The molecule has 0 bridgehead atoms. The van der Waals surface area contributed by atoms with Gasteiger partial charge in [0.05, 0.1) is 19.3 Å². The smallest absolute Gasteiger partial charge is 0.186 e. The van der Waals surface area contributed by atoms with Crippen LogP contribution in [-0.2, 0) is 23.7 Å². The number of aliphatic hydroxyl groups excluding tert-OH is 4. The second-order valence-corrected chi connectivity index (χ2v) is 6.58. The number of aliphatic hydroxyl groups is 4. The molecule has 5 N–H and O–H groups in total.